The number of hydrogen-bond donors (Lipinski definition) is 1. The van der Waals surface area contributed by atoms with E-state index in [4.69, 9.17) is 4.74 Å². The Morgan fingerprint density at radius 1 is 1.12 bits per heavy atom. The summed E-state index contributed by atoms with van der Waals surface area (Å²) in [5, 5.41) is 6.73. The molecule has 1 amide bonds. The van der Waals surface area contributed by atoms with Crippen LogP contribution < -0.4 is 5.32 Å². The van der Waals surface area contributed by atoms with Gasteiger partial charge in [0, 0.05) is 12.6 Å². The zero-order valence-electron chi connectivity index (χ0n) is 17.4. The fourth-order valence-corrected chi connectivity index (χ4v) is 3.06. The first-order valence-corrected chi connectivity index (χ1v) is 9.80. The second-order valence-corrected chi connectivity index (χ2v) is 6.93. The molecule has 0 saturated heterocycles. The van der Waals surface area contributed by atoms with Gasteiger partial charge in [-0.15, -0.1) is 0 Å². The van der Waals surface area contributed by atoms with Gasteiger partial charge in [0.1, 0.15) is 6.04 Å². The molecule has 1 N–H and O–H groups in total. The van der Waals surface area contributed by atoms with E-state index in [9.17, 15) is 22.8 Å². The summed E-state index contributed by atoms with van der Waals surface area (Å²) in [5.41, 5.74) is 0.473. The molecule has 3 aromatic rings. The van der Waals surface area contributed by atoms with Crippen LogP contribution in [0.15, 0.2) is 54.9 Å². The lowest BCUT2D eigenvalue weighted by Crippen LogP contribution is -2.43. The maximum absolute atomic E-state index is 12.9. The smallest absolute Gasteiger partial charge is 0.417 e. The molecule has 7 nitrogen and oxygen atoms in total. The van der Waals surface area contributed by atoms with Gasteiger partial charge in [-0.3, -0.25) is 4.79 Å². The lowest BCUT2D eigenvalue weighted by Gasteiger charge is -2.17. The van der Waals surface area contributed by atoms with Crippen molar-refractivity contribution < 1.29 is 27.5 Å². The molecule has 0 saturated carbocycles. The average Bonchev–Trinajstić information content (AvgIpc) is 3.15. The van der Waals surface area contributed by atoms with Crippen molar-refractivity contribution in [1.29, 1.82) is 0 Å². The summed E-state index contributed by atoms with van der Waals surface area (Å²) in [7, 11) is 0. The van der Waals surface area contributed by atoms with Crippen LogP contribution in [0, 0.1) is 6.92 Å². The van der Waals surface area contributed by atoms with Gasteiger partial charge in [0.25, 0.3) is 5.91 Å². The molecule has 0 aliphatic carbocycles. The molecule has 0 radical (unpaired) electrons. The fraction of sp³-hybridized carbons (Fsp3) is 0.273. The third-order valence-electron chi connectivity index (χ3n) is 4.71. The van der Waals surface area contributed by atoms with Crippen LogP contribution in [0.5, 0.6) is 0 Å². The summed E-state index contributed by atoms with van der Waals surface area (Å²) in [5.74, 6) is -1.01. The Kier molecular flexibility index (Phi) is 6.92. The molecule has 168 valence electrons. The SMILES string of the molecule is CCOC(=O)C(Cc1ccccc1)NC(=O)c1cnn(-c2ccc(C(F)(F)F)cn2)c1C. The van der Waals surface area contributed by atoms with Gasteiger partial charge >= 0.3 is 12.1 Å². The lowest BCUT2D eigenvalue weighted by atomic mass is 10.1. The second kappa shape index (κ2) is 9.63. The van der Waals surface area contributed by atoms with Crippen molar-refractivity contribution in [2.24, 2.45) is 0 Å². The predicted octanol–water partition coefficient (Wildman–Crippen LogP) is 3.50. The minimum Gasteiger partial charge on any atom is -0.464 e. The highest BCUT2D eigenvalue weighted by Gasteiger charge is 2.31. The number of rotatable bonds is 7. The van der Waals surface area contributed by atoms with E-state index < -0.39 is 29.7 Å². The van der Waals surface area contributed by atoms with Gasteiger partial charge in [0.15, 0.2) is 5.82 Å². The topological polar surface area (TPSA) is 86.1 Å². The van der Waals surface area contributed by atoms with Crippen molar-refractivity contribution in [3.05, 3.63) is 77.2 Å². The van der Waals surface area contributed by atoms with Crippen molar-refractivity contribution in [2.75, 3.05) is 6.61 Å². The number of ether oxygens (including phenoxy) is 1. The van der Waals surface area contributed by atoms with Gasteiger partial charge in [-0.1, -0.05) is 30.3 Å². The summed E-state index contributed by atoms with van der Waals surface area (Å²) in [6, 6.07) is 10.3. The number of aromatic nitrogens is 3. The highest BCUT2D eigenvalue weighted by atomic mass is 19.4. The molecule has 0 aliphatic rings. The third-order valence-corrected chi connectivity index (χ3v) is 4.71. The van der Waals surface area contributed by atoms with Crippen LogP contribution >= 0.6 is 0 Å². The number of benzene rings is 1. The van der Waals surface area contributed by atoms with Crippen molar-refractivity contribution >= 4 is 11.9 Å². The molecule has 32 heavy (non-hydrogen) atoms. The Morgan fingerprint density at radius 3 is 2.44 bits per heavy atom. The van der Waals surface area contributed by atoms with Crippen LogP contribution in [0.25, 0.3) is 5.82 Å². The van der Waals surface area contributed by atoms with Gasteiger partial charge in [0.05, 0.1) is 29.6 Å². The molecule has 0 spiro atoms. The molecular formula is C22H21F3N4O3. The molecule has 10 heteroatoms. The highest BCUT2D eigenvalue weighted by molar-refractivity contribution is 5.97. The van der Waals surface area contributed by atoms with E-state index in [0.717, 1.165) is 11.6 Å². The summed E-state index contributed by atoms with van der Waals surface area (Å²) >= 11 is 0. The molecule has 0 aliphatic heterocycles. The van der Waals surface area contributed by atoms with Crippen LogP contribution in [0.1, 0.15) is 34.1 Å². The number of nitrogens with one attached hydrogen (secondary N) is 1. The van der Waals surface area contributed by atoms with E-state index >= 15 is 0 Å². The Hall–Kier alpha value is -3.69. The van der Waals surface area contributed by atoms with Gasteiger partial charge in [-0.05, 0) is 31.5 Å². The zero-order valence-corrected chi connectivity index (χ0v) is 17.4. The van der Waals surface area contributed by atoms with Gasteiger partial charge < -0.3 is 10.1 Å². The molecule has 2 aromatic heterocycles. The number of halogens is 3. The van der Waals surface area contributed by atoms with Crippen molar-refractivity contribution in [2.45, 2.75) is 32.5 Å². The first-order chi connectivity index (χ1) is 15.2. The monoisotopic (exact) mass is 446 g/mol. The van der Waals surface area contributed by atoms with Crippen LogP contribution in [-0.2, 0) is 22.1 Å². The normalized spacial score (nSPS) is 12.3. The Morgan fingerprint density at radius 2 is 1.84 bits per heavy atom. The average molecular weight is 446 g/mol. The standard InChI is InChI=1S/C22H21F3N4O3/c1-3-32-21(31)18(11-15-7-5-4-6-8-15)28-20(30)17-13-27-29(14(17)2)19-10-9-16(12-26-19)22(23,24)25/h4-10,12-13,18H,3,11H2,1-2H3,(H,28,30). The number of carbonyl (C=O) groups excluding carboxylic acids is 2. The molecule has 1 aromatic carbocycles. The van der Waals surface area contributed by atoms with E-state index in [-0.39, 0.29) is 24.4 Å². The van der Waals surface area contributed by atoms with Gasteiger partial charge in [-0.2, -0.15) is 18.3 Å². The predicted molar refractivity (Wildman–Crippen MR) is 109 cm³/mol. The van der Waals surface area contributed by atoms with Crippen molar-refractivity contribution in [3.8, 4) is 5.82 Å². The second-order valence-electron chi connectivity index (χ2n) is 6.93. The van der Waals surface area contributed by atoms with Crippen LogP contribution in [0.3, 0.4) is 0 Å². The van der Waals surface area contributed by atoms with E-state index in [0.29, 0.717) is 11.9 Å². The molecule has 3 rings (SSSR count). The van der Waals surface area contributed by atoms with E-state index in [1.807, 2.05) is 30.3 Å². The summed E-state index contributed by atoms with van der Waals surface area (Å²) in [6.45, 7) is 3.42. The number of hydrogen-bond acceptors (Lipinski definition) is 5. The van der Waals surface area contributed by atoms with E-state index in [1.54, 1.807) is 13.8 Å². The third kappa shape index (κ3) is 5.32. The molecule has 2 heterocycles. The van der Waals surface area contributed by atoms with Crippen LogP contribution in [0.2, 0.25) is 0 Å². The van der Waals surface area contributed by atoms with Crippen molar-refractivity contribution in [3.63, 3.8) is 0 Å². The summed E-state index contributed by atoms with van der Waals surface area (Å²) < 4.78 is 44.6. The number of alkyl halides is 3. The minimum atomic E-state index is -4.50. The van der Waals surface area contributed by atoms with Gasteiger partial charge in [0.2, 0.25) is 0 Å². The number of esters is 1. The van der Waals surface area contributed by atoms with Crippen LogP contribution in [-0.4, -0.2) is 39.3 Å². The van der Waals surface area contributed by atoms with Crippen LogP contribution in [0.4, 0.5) is 13.2 Å². The Labute approximate surface area is 182 Å². The van der Waals surface area contributed by atoms with Crippen molar-refractivity contribution in [1.82, 2.24) is 20.1 Å². The molecule has 0 fully saturated rings. The molecule has 1 unspecified atom stereocenters. The summed E-state index contributed by atoms with van der Waals surface area (Å²) in [4.78, 5) is 29.0. The molecular weight excluding hydrogens is 425 g/mol. The molecule has 0 bridgehead atoms. The number of nitrogens with zero attached hydrogens (tertiary/aromatic N) is 3. The Bertz CT molecular complexity index is 1080. The fourth-order valence-electron chi connectivity index (χ4n) is 3.06. The largest absolute Gasteiger partial charge is 0.464 e. The minimum absolute atomic E-state index is 0.126. The summed E-state index contributed by atoms with van der Waals surface area (Å²) in [6.07, 6.45) is -2.29. The number of amides is 1. The first kappa shape index (κ1) is 23.0. The quantitative estimate of drug-likeness (QED) is 0.562. The zero-order chi connectivity index (χ0) is 23.3. The number of carbonyl (C=O) groups is 2. The maximum atomic E-state index is 12.9. The highest BCUT2D eigenvalue weighted by Crippen LogP contribution is 2.28. The first-order valence-electron chi connectivity index (χ1n) is 9.80. The van der Waals surface area contributed by atoms with E-state index in [2.05, 4.69) is 15.4 Å². The number of pyridine rings is 1. The Balaban J connectivity index is 1.80. The molecule has 1 atom stereocenters. The lowest BCUT2D eigenvalue weighted by molar-refractivity contribution is -0.145. The van der Waals surface area contributed by atoms with E-state index in [1.165, 1.54) is 16.9 Å². The maximum Gasteiger partial charge on any atom is 0.417 e. The van der Waals surface area contributed by atoms with Gasteiger partial charge in [-0.25, -0.2) is 14.5 Å².